The number of rotatable bonds is 5. The first-order valence-electron chi connectivity index (χ1n) is 8.64. The maximum absolute atomic E-state index is 12.5. The average Bonchev–Trinajstić information content (AvgIpc) is 3.26. The van der Waals surface area contributed by atoms with Gasteiger partial charge in [0, 0.05) is 31.3 Å². The monoisotopic (exact) mass is 349 g/mol. The lowest BCUT2D eigenvalue weighted by Crippen LogP contribution is -2.25. The van der Waals surface area contributed by atoms with E-state index in [2.05, 4.69) is 15.5 Å². The van der Waals surface area contributed by atoms with Crippen LogP contribution in [-0.2, 0) is 17.9 Å². The molecule has 0 aliphatic carbocycles. The number of carbonyl (C=O) groups is 2. The minimum absolute atomic E-state index is 0.174. The molecule has 132 valence electrons. The molecule has 1 aliphatic rings. The molecule has 7 nitrogen and oxygen atoms in total. The molecule has 1 N–H and O–H groups in total. The standard InChI is InChI=1S/C19H19N5O2/c25-18-8-4-9-23(18)13-14-5-3-6-15(11-14)19(26)20-12-17-22-21-16-7-1-2-10-24(16)17/h1-3,5-7,10-11H,4,8-9,12-13H2,(H,20,26). The third-order valence-electron chi connectivity index (χ3n) is 4.53. The van der Waals surface area contributed by atoms with Crippen LogP contribution in [0.15, 0.2) is 48.7 Å². The highest BCUT2D eigenvalue weighted by Gasteiger charge is 2.20. The summed E-state index contributed by atoms with van der Waals surface area (Å²) in [7, 11) is 0. The normalized spacial score (nSPS) is 14.2. The fourth-order valence-electron chi connectivity index (χ4n) is 3.18. The Balaban J connectivity index is 1.43. The molecule has 2 amide bonds. The lowest BCUT2D eigenvalue weighted by atomic mass is 10.1. The van der Waals surface area contributed by atoms with E-state index in [1.165, 1.54) is 0 Å². The van der Waals surface area contributed by atoms with Gasteiger partial charge in [0.25, 0.3) is 5.91 Å². The van der Waals surface area contributed by atoms with Crippen LogP contribution in [0.2, 0.25) is 0 Å². The van der Waals surface area contributed by atoms with Crippen molar-refractivity contribution in [3.05, 3.63) is 65.6 Å². The van der Waals surface area contributed by atoms with E-state index < -0.39 is 0 Å². The van der Waals surface area contributed by atoms with Gasteiger partial charge in [0.05, 0.1) is 6.54 Å². The second kappa shape index (κ2) is 6.95. The molecule has 3 heterocycles. The van der Waals surface area contributed by atoms with Crippen molar-refractivity contribution in [2.24, 2.45) is 0 Å². The highest BCUT2D eigenvalue weighted by atomic mass is 16.2. The number of nitrogens with one attached hydrogen (secondary N) is 1. The van der Waals surface area contributed by atoms with E-state index in [4.69, 9.17) is 0 Å². The third-order valence-corrected chi connectivity index (χ3v) is 4.53. The van der Waals surface area contributed by atoms with Gasteiger partial charge in [-0.05, 0) is 36.2 Å². The molecule has 0 bridgehead atoms. The van der Waals surface area contributed by atoms with Crippen LogP contribution in [0.5, 0.6) is 0 Å². The molecule has 0 atom stereocenters. The Morgan fingerprint density at radius 3 is 2.92 bits per heavy atom. The number of aromatic nitrogens is 3. The Bertz CT molecular complexity index is 965. The first-order valence-corrected chi connectivity index (χ1v) is 8.64. The second-order valence-corrected chi connectivity index (χ2v) is 6.35. The number of likely N-dealkylation sites (tertiary alicyclic amines) is 1. The van der Waals surface area contributed by atoms with E-state index in [0.717, 1.165) is 24.2 Å². The number of pyridine rings is 1. The van der Waals surface area contributed by atoms with Crippen LogP contribution in [0.1, 0.15) is 34.6 Å². The Hall–Kier alpha value is -3.22. The molecule has 1 aromatic carbocycles. The van der Waals surface area contributed by atoms with Crippen molar-refractivity contribution >= 4 is 17.5 Å². The fraction of sp³-hybridized carbons (Fsp3) is 0.263. The zero-order chi connectivity index (χ0) is 17.9. The number of nitrogens with zero attached hydrogens (tertiary/aromatic N) is 4. The summed E-state index contributed by atoms with van der Waals surface area (Å²) in [4.78, 5) is 26.1. The molecule has 2 aromatic heterocycles. The van der Waals surface area contributed by atoms with Crippen LogP contribution in [-0.4, -0.2) is 37.9 Å². The predicted octanol–water partition coefficient (Wildman–Crippen LogP) is 1.78. The van der Waals surface area contributed by atoms with Gasteiger partial charge in [-0.25, -0.2) is 0 Å². The van der Waals surface area contributed by atoms with Gasteiger partial charge in [-0.1, -0.05) is 18.2 Å². The quantitative estimate of drug-likeness (QED) is 0.761. The van der Waals surface area contributed by atoms with Crippen LogP contribution < -0.4 is 5.32 Å². The highest BCUT2D eigenvalue weighted by molar-refractivity contribution is 5.94. The summed E-state index contributed by atoms with van der Waals surface area (Å²) in [5.74, 6) is 0.679. The van der Waals surface area contributed by atoms with Crippen molar-refractivity contribution in [1.82, 2.24) is 24.8 Å². The molecule has 0 saturated carbocycles. The molecule has 1 aliphatic heterocycles. The van der Waals surface area contributed by atoms with Crippen LogP contribution >= 0.6 is 0 Å². The minimum atomic E-state index is -0.174. The van der Waals surface area contributed by atoms with E-state index in [0.29, 0.717) is 30.9 Å². The summed E-state index contributed by atoms with van der Waals surface area (Å²) in [6.45, 7) is 1.63. The van der Waals surface area contributed by atoms with Gasteiger partial charge < -0.3 is 10.2 Å². The number of fused-ring (bicyclic) bond motifs is 1. The topological polar surface area (TPSA) is 79.6 Å². The molecule has 1 saturated heterocycles. The van der Waals surface area contributed by atoms with Crippen LogP contribution in [0.3, 0.4) is 0 Å². The molecule has 0 radical (unpaired) electrons. The minimum Gasteiger partial charge on any atom is -0.345 e. The maximum Gasteiger partial charge on any atom is 0.251 e. The molecular weight excluding hydrogens is 330 g/mol. The summed E-state index contributed by atoms with van der Waals surface area (Å²) < 4.78 is 1.84. The van der Waals surface area contributed by atoms with E-state index in [1.54, 1.807) is 6.07 Å². The van der Waals surface area contributed by atoms with Gasteiger partial charge in [0.2, 0.25) is 5.91 Å². The van der Waals surface area contributed by atoms with Gasteiger partial charge >= 0.3 is 0 Å². The Labute approximate surface area is 150 Å². The fourth-order valence-corrected chi connectivity index (χ4v) is 3.18. The molecule has 26 heavy (non-hydrogen) atoms. The van der Waals surface area contributed by atoms with E-state index in [1.807, 2.05) is 51.9 Å². The van der Waals surface area contributed by atoms with Crippen molar-refractivity contribution in [2.75, 3.05) is 6.54 Å². The highest BCUT2D eigenvalue weighted by Crippen LogP contribution is 2.15. The molecule has 0 unspecified atom stereocenters. The summed E-state index contributed by atoms with van der Waals surface area (Å²) >= 11 is 0. The van der Waals surface area contributed by atoms with E-state index in [9.17, 15) is 9.59 Å². The van der Waals surface area contributed by atoms with Crippen LogP contribution in [0, 0.1) is 0 Å². The van der Waals surface area contributed by atoms with Gasteiger partial charge in [-0.15, -0.1) is 10.2 Å². The Morgan fingerprint density at radius 2 is 2.08 bits per heavy atom. The molecule has 7 heteroatoms. The van der Waals surface area contributed by atoms with Gasteiger partial charge in [0.15, 0.2) is 11.5 Å². The number of benzene rings is 1. The molecule has 4 rings (SSSR count). The summed E-state index contributed by atoms with van der Waals surface area (Å²) in [6.07, 6.45) is 3.39. The summed E-state index contributed by atoms with van der Waals surface area (Å²) in [5.41, 5.74) is 2.28. The zero-order valence-corrected chi connectivity index (χ0v) is 14.3. The third kappa shape index (κ3) is 3.28. The van der Waals surface area contributed by atoms with Gasteiger partial charge in [-0.2, -0.15) is 0 Å². The molecule has 1 fully saturated rings. The number of hydrogen-bond donors (Lipinski definition) is 1. The van der Waals surface area contributed by atoms with Crippen molar-refractivity contribution in [3.8, 4) is 0 Å². The van der Waals surface area contributed by atoms with E-state index in [-0.39, 0.29) is 11.8 Å². The first-order chi connectivity index (χ1) is 12.7. The Morgan fingerprint density at radius 1 is 1.15 bits per heavy atom. The van der Waals surface area contributed by atoms with Crippen molar-refractivity contribution in [1.29, 1.82) is 0 Å². The number of carbonyl (C=O) groups excluding carboxylic acids is 2. The molecule has 0 spiro atoms. The SMILES string of the molecule is O=C(NCc1nnc2ccccn12)c1cccc(CN2CCCC2=O)c1. The van der Waals surface area contributed by atoms with Crippen LogP contribution in [0.4, 0.5) is 0 Å². The van der Waals surface area contributed by atoms with Crippen molar-refractivity contribution < 1.29 is 9.59 Å². The second-order valence-electron chi connectivity index (χ2n) is 6.35. The first kappa shape index (κ1) is 16.3. The smallest absolute Gasteiger partial charge is 0.251 e. The van der Waals surface area contributed by atoms with Gasteiger partial charge in [0.1, 0.15) is 0 Å². The Kier molecular flexibility index (Phi) is 4.35. The van der Waals surface area contributed by atoms with Crippen molar-refractivity contribution in [3.63, 3.8) is 0 Å². The van der Waals surface area contributed by atoms with Crippen molar-refractivity contribution in [2.45, 2.75) is 25.9 Å². The molecule has 3 aromatic rings. The average molecular weight is 349 g/mol. The summed E-state index contributed by atoms with van der Waals surface area (Å²) in [5, 5.41) is 11.1. The summed E-state index contributed by atoms with van der Waals surface area (Å²) in [6, 6.07) is 13.0. The number of amides is 2. The van der Waals surface area contributed by atoms with Gasteiger partial charge in [-0.3, -0.25) is 14.0 Å². The predicted molar refractivity (Wildman–Crippen MR) is 95.3 cm³/mol. The largest absolute Gasteiger partial charge is 0.345 e. The van der Waals surface area contributed by atoms with E-state index >= 15 is 0 Å². The van der Waals surface area contributed by atoms with Crippen LogP contribution in [0.25, 0.3) is 5.65 Å². The number of hydrogen-bond acceptors (Lipinski definition) is 4. The molecular formula is C19H19N5O2. The lowest BCUT2D eigenvalue weighted by Gasteiger charge is -2.16. The lowest BCUT2D eigenvalue weighted by molar-refractivity contribution is -0.128. The maximum atomic E-state index is 12.5. The zero-order valence-electron chi connectivity index (χ0n) is 14.3.